The summed E-state index contributed by atoms with van der Waals surface area (Å²) in [6, 6.07) is 15.9. The fourth-order valence-corrected chi connectivity index (χ4v) is 3.90. The Labute approximate surface area is 145 Å². The van der Waals surface area contributed by atoms with Crippen molar-refractivity contribution >= 4 is 17.7 Å². The van der Waals surface area contributed by atoms with E-state index < -0.39 is 0 Å². The van der Waals surface area contributed by atoms with E-state index in [-0.39, 0.29) is 23.1 Å². The van der Waals surface area contributed by atoms with Crippen molar-refractivity contribution in [2.45, 2.75) is 29.1 Å². The van der Waals surface area contributed by atoms with Gasteiger partial charge >= 0.3 is 0 Å². The van der Waals surface area contributed by atoms with Gasteiger partial charge < -0.3 is 10.0 Å². The van der Waals surface area contributed by atoms with Crippen molar-refractivity contribution in [3.05, 3.63) is 66.0 Å². The average Bonchev–Trinajstić information content (AvgIpc) is 2.62. The highest BCUT2D eigenvalue weighted by molar-refractivity contribution is 8.00. The van der Waals surface area contributed by atoms with Gasteiger partial charge in [-0.1, -0.05) is 30.3 Å². The van der Waals surface area contributed by atoms with Crippen LogP contribution in [0.1, 0.15) is 23.7 Å². The molecule has 1 atom stereocenters. The molecule has 0 aromatic heterocycles. The Morgan fingerprint density at radius 1 is 1.08 bits per heavy atom. The zero-order valence-electron chi connectivity index (χ0n) is 13.3. The highest BCUT2D eigenvalue weighted by atomic mass is 32.2. The average molecular weight is 345 g/mol. The third-order valence-electron chi connectivity index (χ3n) is 4.17. The maximum Gasteiger partial charge on any atom is 0.240 e. The van der Waals surface area contributed by atoms with Gasteiger partial charge in [0.2, 0.25) is 5.91 Å². The number of thioether (sulfide) groups is 1. The molecule has 1 amide bonds. The number of amides is 1. The molecular weight excluding hydrogens is 325 g/mol. The zero-order chi connectivity index (χ0) is 16.9. The van der Waals surface area contributed by atoms with E-state index in [1.165, 1.54) is 23.9 Å². The van der Waals surface area contributed by atoms with Crippen LogP contribution < -0.4 is 0 Å². The summed E-state index contributed by atoms with van der Waals surface area (Å²) in [5.74, 6) is -0.241. The van der Waals surface area contributed by atoms with Crippen molar-refractivity contribution in [1.82, 2.24) is 4.90 Å². The number of piperidine rings is 1. The molecule has 24 heavy (non-hydrogen) atoms. The van der Waals surface area contributed by atoms with Gasteiger partial charge in [0.1, 0.15) is 11.1 Å². The predicted octanol–water partition coefficient (Wildman–Crippen LogP) is 3.64. The van der Waals surface area contributed by atoms with Gasteiger partial charge in [0.15, 0.2) is 0 Å². The standard InChI is InChI=1S/C19H20FNO2S/c20-15-6-8-17(9-7-15)24-18(14-4-2-1-3-5-14)19(23)21-12-10-16(22)11-13-21/h1-9,16,18,22H,10-13H2. The van der Waals surface area contributed by atoms with Gasteiger partial charge in [0, 0.05) is 18.0 Å². The first-order valence-electron chi connectivity index (χ1n) is 8.07. The maximum absolute atomic E-state index is 13.1. The Kier molecular flexibility index (Phi) is 5.53. The molecule has 0 saturated carbocycles. The van der Waals surface area contributed by atoms with E-state index >= 15 is 0 Å². The molecule has 1 saturated heterocycles. The molecule has 3 nitrogen and oxygen atoms in total. The van der Waals surface area contributed by atoms with Crippen LogP contribution >= 0.6 is 11.8 Å². The molecule has 1 fully saturated rings. The van der Waals surface area contributed by atoms with Gasteiger partial charge in [-0.25, -0.2) is 4.39 Å². The van der Waals surface area contributed by atoms with E-state index in [4.69, 9.17) is 0 Å². The maximum atomic E-state index is 13.1. The number of carbonyl (C=O) groups excluding carboxylic acids is 1. The quantitative estimate of drug-likeness (QED) is 0.860. The van der Waals surface area contributed by atoms with Crippen molar-refractivity contribution in [1.29, 1.82) is 0 Å². The number of benzene rings is 2. The van der Waals surface area contributed by atoms with Crippen molar-refractivity contribution in [2.24, 2.45) is 0 Å². The Morgan fingerprint density at radius 2 is 1.71 bits per heavy atom. The third-order valence-corrected chi connectivity index (χ3v) is 5.42. The summed E-state index contributed by atoms with van der Waals surface area (Å²) in [5, 5.41) is 9.28. The Balaban J connectivity index is 1.82. The first-order chi connectivity index (χ1) is 11.6. The van der Waals surface area contributed by atoms with Crippen LogP contribution in [0.4, 0.5) is 4.39 Å². The largest absolute Gasteiger partial charge is 0.393 e. The summed E-state index contributed by atoms with van der Waals surface area (Å²) < 4.78 is 13.1. The number of nitrogens with zero attached hydrogens (tertiary/aromatic N) is 1. The van der Waals surface area contributed by atoms with Crippen molar-refractivity contribution in [3.8, 4) is 0 Å². The van der Waals surface area contributed by atoms with E-state index in [2.05, 4.69) is 0 Å². The lowest BCUT2D eigenvalue weighted by Gasteiger charge is -2.32. The fraction of sp³-hybridized carbons (Fsp3) is 0.316. The normalized spacial score (nSPS) is 16.8. The molecule has 0 bridgehead atoms. The molecule has 0 radical (unpaired) electrons. The van der Waals surface area contributed by atoms with E-state index in [1.807, 2.05) is 35.2 Å². The second-order valence-corrected chi connectivity index (χ2v) is 7.10. The highest BCUT2D eigenvalue weighted by Crippen LogP contribution is 2.37. The summed E-state index contributed by atoms with van der Waals surface area (Å²) in [4.78, 5) is 15.7. The second kappa shape index (κ2) is 7.81. The molecule has 1 heterocycles. The Morgan fingerprint density at radius 3 is 2.33 bits per heavy atom. The molecular formula is C19H20FNO2S. The highest BCUT2D eigenvalue weighted by Gasteiger charge is 2.29. The van der Waals surface area contributed by atoms with Crippen molar-refractivity contribution in [2.75, 3.05) is 13.1 Å². The zero-order valence-corrected chi connectivity index (χ0v) is 14.1. The van der Waals surface area contributed by atoms with Gasteiger partial charge in [-0.2, -0.15) is 0 Å². The number of hydrogen-bond donors (Lipinski definition) is 1. The molecule has 1 aliphatic heterocycles. The molecule has 1 aliphatic rings. The van der Waals surface area contributed by atoms with Gasteiger partial charge in [0.05, 0.1) is 6.10 Å². The fourth-order valence-electron chi connectivity index (χ4n) is 2.79. The minimum atomic E-state index is -0.369. The lowest BCUT2D eigenvalue weighted by atomic mass is 10.1. The Bertz CT molecular complexity index is 670. The van der Waals surface area contributed by atoms with Crippen LogP contribution in [0.25, 0.3) is 0 Å². The van der Waals surface area contributed by atoms with E-state index in [1.54, 1.807) is 12.1 Å². The van der Waals surface area contributed by atoms with Gasteiger partial charge in [-0.05, 0) is 42.7 Å². The van der Waals surface area contributed by atoms with Crippen LogP contribution in [-0.2, 0) is 4.79 Å². The number of likely N-dealkylation sites (tertiary alicyclic amines) is 1. The monoisotopic (exact) mass is 345 g/mol. The molecule has 2 aromatic carbocycles. The third kappa shape index (κ3) is 4.16. The lowest BCUT2D eigenvalue weighted by molar-refractivity contribution is -0.132. The second-order valence-electron chi connectivity index (χ2n) is 5.92. The van der Waals surface area contributed by atoms with Crippen molar-refractivity contribution < 1.29 is 14.3 Å². The van der Waals surface area contributed by atoms with Crippen LogP contribution in [0.15, 0.2) is 59.5 Å². The number of halogens is 1. The molecule has 3 rings (SSSR count). The van der Waals surface area contributed by atoms with E-state index in [9.17, 15) is 14.3 Å². The summed E-state index contributed by atoms with van der Waals surface area (Å²) in [5.41, 5.74) is 0.933. The van der Waals surface area contributed by atoms with Gasteiger partial charge in [-0.3, -0.25) is 4.79 Å². The number of carbonyl (C=O) groups is 1. The van der Waals surface area contributed by atoms with Gasteiger partial charge in [0.25, 0.3) is 0 Å². The number of aliphatic hydroxyl groups excluding tert-OH is 1. The summed E-state index contributed by atoms with van der Waals surface area (Å²) in [6.45, 7) is 1.15. The van der Waals surface area contributed by atoms with E-state index in [0.717, 1.165) is 10.5 Å². The molecule has 5 heteroatoms. The molecule has 0 aliphatic carbocycles. The number of rotatable bonds is 4. The molecule has 126 valence electrons. The summed E-state index contributed by atoms with van der Waals surface area (Å²) in [6.07, 6.45) is 0.928. The number of hydrogen-bond acceptors (Lipinski definition) is 3. The topological polar surface area (TPSA) is 40.5 Å². The van der Waals surface area contributed by atoms with Crippen LogP contribution in [0.3, 0.4) is 0 Å². The molecule has 1 unspecified atom stereocenters. The minimum Gasteiger partial charge on any atom is -0.393 e. The van der Waals surface area contributed by atoms with Crippen molar-refractivity contribution in [3.63, 3.8) is 0 Å². The SMILES string of the molecule is O=C(C(Sc1ccc(F)cc1)c1ccccc1)N1CCC(O)CC1. The predicted molar refractivity (Wildman–Crippen MR) is 93.3 cm³/mol. The minimum absolute atomic E-state index is 0.0439. The lowest BCUT2D eigenvalue weighted by Crippen LogP contribution is -2.41. The molecule has 1 N–H and O–H groups in total. The molecule has 0 spiro atoms. The van der Waals surface area contributed by atoms with Gasteiger partial charge in [-0.15, -0.1) is 11.8 Å². The first-order valence-corrected chi connectivity index (χ1v) is 8.95. The molecule has 2 aromatic rings. The first kappa shape index (κ1) is 17.0. The number of aliphatic hydroxyl groups is 1. The smallest absolute Gasteiger partial charge is 0.240 e. The van der Waals surface area contributed by atoms with E-state index in [0.29, 0.717) is 25.9 Å². The summed E-state index contributed by atoms with van der Waals surface area (Å²) >= 11 is 1.43. The Hall–Kier alpha value is -1.85. The van der Waals surface area contributed by atoms with Crippen LogP contribution in [0, 0.1) is 5.82 Å². The van der Waals surface area contributed by atoms with Crippen LogP contribution in [-0.4, -0.2) is 35.1 Å². The summed E-state index contributed by atoms with van der Waals surface area (Å²) in [7, 11) is 0. The van der Waals surface area contributed by atoms with Crippen LogP contribution in [0.5, 0.6) is 0 Å². The van der Waals surface area contributed by atoms with Crippen LogP contribution in [0.2, 0.25) is 0 Å².